The SMILES string of the molecule is CCC(Br)C(=O)O[C@H]1C(=O)OCC1(C)C. The fourth-order valence-electron chi connectivity index (χ4n) is 1.29. The van der Waals surface area contributed by atoms with E-state index < -0.39 is 23.5 Å². The minimum atomic E-state index is -0.781. The van der Waals surface area contributed by atoms with E-state index in [1.807, 2.05) is 20.8 Å². The number of halogens is 1. The second-order valence-corrected chi connectivity index (χ2v) is 5.39. The van der Waals surface area contributed by atoms with E-state index in [1.165, 1.54) is 0 Å². The summed E-state index contributed by atoms with van der Waals surface area (Å²) in [5.74, 6) is -0.862. The van der Waals surface area contributed by atoms with Gasteiger partial charge in [0.25, 0.3) is 0 Å². The zero-order valence-corrected chi connectivity index (χ0v) is 10.7. The van der Waals surface area contributed by atoms with Gasteiger partial charge in [-0.1, -0.05) is 36.7 Å². The lowest BCUT2D eigenvalue weighted by molar-refractivity contribution is -0.162. The molecule has 1 unspecified atom stereocenters. The van der Waals surface area contributed by atoms with Crippen molar-refractivity contribution >= 4 is 27.9 Å². The van der Waals surface area contributed by atoms with E-state index in [1.54, 1.807) is 0 Å². The first-order valence-electron chi connectivity index (χ1n) is 4.89. The summed E-state index contributed by atoms with van der Waals surface area (Å²) in [5, 5.41) is 0. The van der Waals surface area contributed by atoms with E-state index in [0.717, 1.165) is 0 Å². The first-order chi connectivity index (χ1) is 6.88. The molecule has 0 aromatic carbocycles. The highest BCUT2D eigenvalue weighted by Crippen LogP contribution is 2.31. The molecule has 0 aromatic heterocycles. The number of ether oxygens (including phenoxy) is 2. The van der Waals surface area contributed by atoms with Crippen molar-refractivity contribution in [3.8, 4) is 0 Å². The topological polar surface area (TPSA) is 52.6 Å². The van der Waals surface area contributed by atoms with Crippen molar-refractivity contribution in [2.24, 2.45) is 5.41 Å². The van der Waals surface area contributed by atoms with Crippen LogP contribution in [0.25, 0.3) is 0 Å². The predicted octanol–water partition coefficient (Wildman–Crippen LogP) is 1.65. The molecular weight excluding hydrogens is 264 g/mol. The third-order valence-corrected chi connectivity index (χ3v) is 3.38. The second kappa shape index (κ2) is 4.51. The maximum Gasteiger partial charge on any atom is 0.348 e. The van der Waals surface area contributed by atoms with Gasteiger partial charge in [0.1, 0.15) is 11.4 Å². The molecule has 1 rings (SSSR count). The largest absolute Gasteiger partial charge is 0.462 e. The Hall–Kier alpha value is -0.580. The van der Waals surface area contributed by atoms with E-state index in [2.05, 4.69) is 15.9 Å². The van der Waals surface area contributed by atoms with E-state index in [-0.39, 0.29) is 4.83 Å². The highest BCUT2D eigenvalue weighted by molar-refractivity contribution is 9.10. The van der Waals surface area contributed by atoms with Gasteiger partial charge >= 0.3 is 11.9 Å². The zero-order valence-electron chi connectivity index (χ0n) is 9.08. The van der Waals surface area contributed by atoms with Crippen molar-refractivity contribution in [3.63, 3.8) is 0 Å². The van der Waals surface area contributed by atoms with Gasteiger partial charge in [0.15, 0.2) is 0 Å². The fourth-order valence-corrected chi connectivity index (χ4v) is 1.40. The number of alkyl halides is 1. The van der Waals surface area contributed by atoms with Crippen LogP contribution in [0.2, 0.25) is 0 Å². The molecule has 0 radical (unpaired) electrons. The molecule has 1 heterocycles. The van der Waals surface area contributed by atoms with Crippen LogP contribution >= 0.6 is 15.9 Å². The number of carbonyl (C=O) groups is 2. The van der Waals surface area contributed by atoms with Crippen molar-refractivity contribution < 1.29 is 19.1 Å². The third kappa shape index (κ3) is 2.71. The minimum Gasteiger partial charge on any atom is -0.462 e. The summed E-state index contributed by atoms with van der Waals surface area (Å²) in [6.07, 6.45) is -0.155. The molecule has 86 valence electrons. The first kappa shape index (κ1) is 12.5. The van der Waals surface area contributed by atoms with E-state index >= 15 is 0 Å². The van der Waals surface area contributed by atoms with Crippen LogP contribution in [0.3, 0.4) is 0 Å². The van der Waals surface area contributed by atoms with Gasteiger partial charge in [-0.2, -0.15) is 0 Å². The quantitative estimate of drug-likeness (QED) is 0.582. The van der Waals surface area contributed by atoms with Crippen molar-refractivity contribution in [2.75, 3.05) is 6.61 Å². The van der Waals surface area contributed by atoms with Gasteiger partial charge in [-0.3, -0.25) is 4.79 Å². The minimum absolute atomic E-state index is 0.295. The average molecular weight is 279 g/mol. The van der Waals surface area contributed by atoms with Gasteiger partial charge in [0, 0.05) is 5.41 Å². The molecule has 0 aromatic rings. The number of cyclic esters (lactones) is 1. The molecule has 15 heavy (non-hydrogen) atoms. The van der Waals surface area contributed by atoms with E-state index in [9.17, 15) is 9.59 Å². The molecule has 0 bridgehead atoms. The fraction of sp³-hybridized carbons (Fsp3) is 0.800. The third-order valence-electron chi connectivity index (χ3n) is 2.36. The maximum absolute atomic E-state index is 11.5. The predicted molar refractivity (Wildman–Crippen MR) is 57.6 cm³/mol. The van der Waals surface area contributed by atoms with Crippen molar-refractivity contribution in [1.29, 1.82) is 0 Å². The summed E-state index contributed by atoms with van der Waals surface area (Å²) in [5.41, 5.74) is -0.437. The molecule has 0 amide bonds. The average Bonchev–Trinajstić information content (AvgIpc) is 2.43. The molecule has 1 aliphatic rings. The van der Waals surface area contributed by atoms with E-state index in [0.29, 0.717) is 13.0 Å². The molecule has 1 fully saturated rings. The Morgan fingerprint density at radius 3 is 2.73 bits per heavy atom. The highest BCUT2D eigenvalue weighted by atomic mass is 79.9. The molecule has 1 aliphatic heterocycles. The number of hydrogen-bond donors (Lipinski definition) is 0. The molecule has 0 saturated carbocycles. The lowest BCUT2D eigenvalue weighted by Gasteiger charge is -2.22. The highest BCUT2D eigenvalue weighted by Gasteiger charge is 2.46. The standard InChI is InChI=1S/C10H15BrO4/c1-4-6(11)8(12)15-7-9(13)14-5-10(7,2)3/h6-7H,4-5H2,1-3H3/t6?,7-/m0/s1. The summed E-state index contributed by atoms with van der Waals surface area (Å²) in [4.78, 5) is 22.4. The van der Waals surface area contributed by atoms with E-state index in [4.69, 9.17) is 9.47 Å². The maximum atomic E-state index is 11.5. The molecule has 1 saturated heterocycles. The molecular formula is C10H15BrO4. The first-order valence-corrected chi connectivity index (χ1v) is 5.81. The van der Waals surface area contributed by atoms with Gasteiger partial charge in [-0.15, -0.1) is 0 Å². The number of hydrogen-bond acceptors (Lipinski definition) is 4. The summed E-state index contributed by atoms with van der Waals surface area (Å²) in [7, 11) is 0. The Labute approximate surface area is 97.4 Å². The summed E-state index contributed by atoms with van der Waals surface area (Å²) in [6.45, 7) is 5.83. The van der Waals surface area contributed by atoms with Crippen LogP contribution in [0.1, 0.15) is 27.2 Å². The Morgan fingerprint density at radius 1 is 1.73 bits per heavy atom. The van der Waals surface area contributed by atoms with Crippen molar-refractivity contribution in [1.82, 2.24) is 0 Å². The summed E-state index contributed by atoms with van der Waals surface area (Å²) >= 11 is 3.18. The number of carbonyl (C=O) groups excluding carboxylic acids is 2. The molecule has 0 spiro atoms. The monoisotopic (exact) mass is 278 g/mol. The van der Waals surface area contributed by atoms with Gasteiger partial charge in [0.05, 0.1) is 0 Å². The van der Waals surface area contributed by atoms with Gasteiger partial charge in [-0.05, 0) is 6.42 Å². The van der Waals surface area contributed by atoms with Gasteiger partial charge in [0.2, 0.25) is 6.10 Å². The molecule has 0 aliphatic carbocycles. The van der Waals surface area contributed by atoms with Crippen LogP contribution in [0.15, 0.2) is 0 Å². The normalized spacial score (nSPS) is 25.9. The van der Waals surface area contributed by atoms with Crippen LogP contribution < -0.4 is 0 Å². The van der Waals surface area contributed by atoms with Crippen LogP contribution in [-0.2, 0) is 19.1 Å². The Balaban J connectivity index is 2.64. The van der Waals surface area contributed by atoms with Gasteiger partial charge in [-0.25, -0.2) is 4.79 Å². The molecule has 5 heteroatoms. The lowest BCUT2D eigenvalue weighted by Crippen LogP contribution is -2.36. The lowest BCUT2D eigenvalue weighted by atomic mass is 9.90. The zero-order chi connectivity index (χ0) is 11.6. The van der Waals surface area contributed by atoms with Crippen LogP contribution in [-0.4, -0.2) is 29.5 Å². The Morgan fingerprint density at radius 2 is 2.33 bits per heavy atom. The molecule has 4 nitrogen and oxygen atoms in total. The number of esters is 2. The van der Waals surface area contributed by atoms with Crippen molar-refractivity contribution in [2.45, 2.75) is 38.1 Å². The van der Waals surface area contributed by atoms with Crippen LogP contribution in [0.4, 0.5) is 0 Å². The Bertz CT molecular complexity index is 275. The Kier molecular flexibility index (Phi) is 3.76. The van der Waals surface area contributed by atoms with Crippen LogP contribution in [0, 0.1) is 5.41 Å². The van der Waals surface area contributed by atoms with Crippen LogP contribution in [0.5, 0.6) is 0 Å². The smallest absolute Gasteiger partial charge is 0.348 e. The number of rotatable bonds is 3. The molecule has 2 atom stereocenters. The molecule has 0 N–H and O–H groups in total. The van der Waals surface area contributed by atoms with Crippen molar-refractivity contribution in [3.05, 3.63) is 0 Å². The van der Waals surface area contributed by atoms with Gasteiger partial charge < -0.3 is 9.47 Å². The summed E-state index contributed by atoms with van der Waals surface area (Å²) < 4.78 is 9.99. The second-order valence-electron chi connectivity index (χ2n) is 4.29. The summed E-state index contributed by atoms with van der Waals surface area (Å²) in [6, 6.07) is 0.